The van der Waals surface area contributed by atoms with Gasteiger partial charge in [0.1, 0.15) is 17.5 Å². The van der Waals surface area contributed by atoms with Gasteiger partial charge in [0.25, 0.3) is 0 Å². The molecule has 0 spiro atoms. The van der Waals surface area contributed by atoms with Gasteiger partial charge in [0, 0.05) is 17.7 Å². The first-order valence-corrected chi connectivity index (χ1v) is 12.9. The van der Waals surface area contributed by atoms with Gasteiger partial charge < -0.3 is 14.6 Å². The van der Waals surface area contributed by atoms with Crippen molar-refractivity contribution in [2.45, 2.75) is 51.3 Å². The minimum Gasteiger partial charge on any atom is -0.429 e. The number of fused-ring (bicyclic) bond motifs is 3. The predicted octanol–water partition coefficient (Wildman–Crippen LogP) is 5.03. The van der Waals surface area contributed by atoms with E-state index in [1.165, 1.54) is 0 Å². The number of aromatic nitrogens is 3. The number of nitrogens with zero attached hydrogens (tertiary/aromatic N) is 3. The van der Waals surface area contributed by atoms with Gasteiger partial charge in [-0.15, -0.1) is 5.10 Å². The van der Waals surface area contributed by atoms with Crippen molar-refractivity contribution >= 4 is 11.7 Å². The van der Waals surface area contributed by atoms with Gasteiger partial charge in [0.15, 0.2) is 0 Å². The average molecular weight is 525 g/mol. The Hall–Kier alpha value is -4.27. The van der Waals surface area contributed by atoms with Gasteiger partial charge >= 0.3 is 6.16 Å². The van der Waals surface area contributed by atoms with Crippen LogP contribution in [0.4, 0.5) is 4.79 Å². The maximum Gasteiger partial charge on any atom is 0.510 e. The molecule has 8 heteroatoms. The summed E-state index contributed by atoms with van der Waals surface area (Å²) in [6.07, 6.45) is 1.55. The molecule has 2 aliphatic rings. The lowest BCUT2D eigenvalue weighted by Crippen LogP contribution is -2.41. The monoisotopic (exact) mass is 524 g/mol. The van der Waals surface area contributed by atoms with Gasteiger partial charge in [-0.05, 0) is 43.5 Å². The van der Waals surface area contributed by atoms with Crippen LogP contribution >= 0.6 is 0 Å². The van der Waals surface area contributed by atoms with Gasteiger partial charge in [0.2, 0.25) is 5.60 Å². The number of aliphatic hydroxyl groups is 1. The molecule has 0 amide bonds. The van der Waals surface area contributed by atoms with E-state index in [1.807, 2.05) is 84.9 Å². The summed E-state index contributed by atoms with van der Waals surface area (Å²) < 4.78 is 13.4. The van der Waals surface area contributed by atoms with Crippen LogP contribution in [0.15, 0.2) is 97.2 Å². The van der Waals surface area contributed by atoms with E-state index in [2.05, 4.69) is 15.6 Å². The summed E-state index contributed by atoms with van der Waals surface area (Å²) in [4.78, 5) is 13.1. The highest BCUT2D eigenvalue weighted by atomic mass is 16.7. The van der Waals surface area contributed by atoms with Crippen LogP contribution in [0.25, 0.3) is 5.57 Å². The summed E-state index contributed by atoms with van der Waals surface area (Å²) in [7, 11) is 0. The third kappa shape index (κ3) is 5.92. The summed E-state index contributed by atoms with van der Waals surface area (Å²) in [5, 5.41) is 22.9. The van der Waals surface area contributed by atoms with Crippen LogP contribution in [0.3, 0.4) is 0 Å². The summed E-state index contributed by atoms with van der Waals surface area (Å²) >= 11 is 0. The lowest BCUT2D eigenvalue weighted by Gasteiger charge is -2.38. The molecule has 6 rings (SSSR count). The fraction of sp³-hybridized carbons (Fsp3) is 0.258. The van der Waals surface area contributed by atoms with Crippen LogP contribution in [0.2, 0.25) is 0 Å². The molecule has 8 nitrogen and oxygen atoms in total. The Morgan fingerprint density at radius 3 is 2.28 bits per heavy atom. The first kappa shape index (κ1) is 26.3. The molecule has 3 aromatic carbocycles. The molecule has 1 heterocycles. The van der Waals surface area contributed by atoms with Crippen molar-refractivity contribution < 1.29 is 19.4 Å². The number of nitrogens with one attached hydrogen (secondary N) is 1. The molecule has 0 aliphatic heterocycles. The van der Waals surface area contributed by atoms with Crippen LogP contribution in [0.5, 0.6) is 0 Å². The third-order valence-corrected chi connectivity index (χ3v) is 6.38. The van der Waals surface area contributed by atoms with E-state index in [0.29, 0.717) is 29.9 Å². The zero-order chi connectivity index (χ0) is 27.5. The Kier molecular flexibility index (Phi) is 7.32. The van der Waals surface area contributed by atoms with Crippen LogP contribution in [-0.2, 0) is 28.2 Å². The fourth-order valence-electron chi connectivity index (χ4n) is 4.65. The van der Waals surface area contributed by atoms with E-state index in [4.69, 9.17) is 9.47 Å². The molecular weight excluding hydrogens is 492 g/mol. The number of carbonyl (C=O) groups is 1. The Balaban J connectivity index is 1.53. The molecule has 39 heavy (non-hydrogen) atoms. The molecule has 0 saturated carbocycles. The Morgan fingerprint density at radius 2 is 1.64 bits per heavy atom. The summed E-state index contributed by atoms with van der Waals surface area (Å²) in [5.74, 6) is 0. The minimum absolute atomic E-state index is 0.409. The van der Waals surface area contributed by atoms with Crippen LogP contribution in [0.1, 0.15) is 48.7 Å². The van der Waals surface area contributed by atoms with E-state index in [-0.39, 0.29) is 0 Å². The highest BCUT2D eigenvalue weighted by Gasteiger charge is 2.49. The number of carbonyl (C=O) groups excluding carboxylic acids is 1. The highest BCUT2D eigenvalue weighted by Crippen LogP contribution is 2.49. The lowest BCUT2D eigenvalue weighted by atomic mass is 9.74. The van der Waals surface area contributed by atoms with Gasteiger partial charge in [0.05, 0.1) is 12.7 Å². The minimum atomic E-state index is -1.45. The zero-order valence-electron chi connectivity index (χ0n) is 22.2. The van der Waals surface area contributed by atoms with Crippen molar-refractivity contribution in [3.8, 4) is 0 Å². The summed E-state index contributed by atoms with van der Waals surface area (Å²) in [6.45, 7) is 6.28. The fourth-order valence-corrected chi connectivity index (χ4v) is 4.65. The normalized spacial score (nSPS) is 18.2. The average Bonchev–Trinajstić information content (AvgIpc) is 3.38. The first-order valence-electron chi connectivity index (χ1n) is 12.9. The van der Waals surface area contributed by atoms with Crippen LogP contribution in [0, 0.1) is 0 Å². The zero-order valence-corrected chi connectivity index (χ0v) is 22.2. The van der Waals surface area contributed by atoms with Gasteiger partial charge in [-0.2, -0.15) is 0 Å². The number of benzene rings is 3. The van der Waals surface area contributed by atoms with Crippen molar-refractivity contribution in [3.05, 3.63) is 125 Å². The first-order chi connectivity index (χ1) is 18.7. The van der Waals surface area contributed by atoms with E-state index >= 15 is 0 Å². The smallest absolute Gasteiger partial charge is 0.429 e. The Bertz CT molecular complexity index is 1440. The molecule has 2 N–H and O–H groups in total. The van der Waals surface area contributed by atoms with Crippen molar-refractivity contribution in [1.29, 1.82) is 0 Å². The lowest BCUT2D eigenvalue weighted by molar-refractivity contribution is -0.0380. The number of rotatable bonds is 8. The maximum atomic E-state index is 13.1. The number of aliphatic hydroxyl groups excluding tert-OH is 1. The summed E-state index contributed by atoms with van der Waals surface area (Å²) in [6, 6.07) is 27.3. The van der Waals surface area contributed by atoms with E-state index in [0.717, 1.165) is 16.7 Å². The second-order valence-electron chi connectivity index (χ2n) is 10.5. The van der Waals surface area contributed by atoms with E-state index in [1.54, 1.807) is 37.7 Å². The van der Waals surface area contributed by atoms with Crippen LogP contribution < -0.4 is 5.32 Å². The molecule has 2 unspecified atom stereocenters. The molecule has 2 atom stereocenters. The van der Waals surface area contributed by atoms with Crippen molar-refractivity contribution in [2.24, 2.45) is 0 Å². The second kappa shape index (κ2) is 10.8. The molecule has 200 valence electrons. The largest absolute Gasteiger partial charge is 0.510 e. The van der Waals surface area contributed by atoms with E-state index in [9.17, 15) is 9.90 Å². The molecule has 1 aromatic heterocycles. The van der Waals surface area contributed by atoms with Crippen molar-refractivity contribution in [3.63, 3.8) is 0 Å². The number of hydrogen-bond acceptors (Lipinski definition) is 7. The maximum absolute atomic E-state index is 13.1. The molecule has 2 aliphatic carbocycles. The highest BCUT2D eigenvalue weighted by molar-refractivity contribution is 5.83. The molecule has 0 saturated heterocycles. The van der Waals surface area contributed by atoms with Crippen LogP contribution in [-0.4, -0.2) is 38.1 Å². The predicted molar refractivity (Wildman–Crippen MR) is 147 cm³/mol. The molecule has 4 aromatic rings. The molecule has 0 fully saturated rings. The van der Waals surface area contributed by atoms with Crippen molar-refractivity contribution in [2.75, 3.05) is 0 Å². The number of hydrogen-bond donors (Lipinski definition) is 2. The topological polar surface area (TPSA) is 98.5 Å². The third-order valence-electron chi connectivity index (χ3n) is 6.38. The van der Waals surface area contributed by atoms with E-state index < -0.39 is 23.6 Å². The Labute approximate surface area is 227 Å². The number of ether oxygens (including phenoxy) is 2. The van der Waals surface area contributed by atoms with Crippen molar-refractivity contribution in [1.82, 2.24) is 20.3 Å². The SMILES string of the molecule is CC(C)(C)OC(=O)OC1(c2cn(Cc3ccccc3)nn2)/C(=C\C(O)NCc2ccccc2)c2ccc1cc2. The van der Waals surface area contributed by atoms with Gasteiger partial charge in [-0.1, -0.05) is 90.1 Å². The second-order valence-corrected chi connectivity index (χ2v) is 10.5. The standard InChI is InChI=1S/C31H32N4O4/c1-30(2,3)38-29(37)39-31(27-21-35(34-33-27)20-23-12-8-5-9-13-23)25-16-14-24(15-17-25)26(31)18-28(36)32-19-22-10-6-4-7-11-22/h4-18,21,28,32,36H,19-20H2,1-3H3/b26-18-. The Morgan fingerprint density at radius 1 is 1.00 bits per heavy atom. The quantitative estimate of drug-likeness (QED) is 0.246. The summed E-state index contributed by atoms with van der Waals surface area (Å²) in [5.41, 5.74) is 2.32. The molecule has 0 radical (unpaired) electrons. The molecular formula is C31H32N4O4. The molecule has 2 bridgehead atoms. The van der Waals surface area contributed by atoms with Gasteiger partial charge in [-0.25, -0.2) is 9.48 Å². The van der Waals surface area contributed by atoms with Gasteiger partial charge in [-0.3, -0.25) is 5.32 Å².